The second-order valence-electron chi connectivity index (χ2n) is 4.26. The van der Waals surface area contributed by atoms with Gasteiger partial charge in [0.25, 0.3) is 0 Å². The van der Waals surface area contributed by atoms with Crippen molar-refractivity contribution in [2.24, 2.45) is 11.8 Å². The van der Waals surface area contributed by atoms with Crippen LogP contribution < -0.4 is 5.32 Å². The molecular formula is C10H16ClN3O. The predicted molar refractivity (Wildman–Crippen MR) is 58.9 cm³/mol. The van der Waals surface area contributed by atoms with Gasteiger partial charge in [-0.25, -0.2) is 0 Å². The van der Waals surface area contributed by atoms with Crippen LogP contribution in [0.2, 0.25) is 0 Å². The Morgan fingerprint density at radius 2 is 2.20 bits per heavy atom. The van der Waals surface area contributed by atoms with E-state index in [1.165, 1.54) is 12.8 Å². The van der Waals surface area contributed by atoms with Gasteiger partial charge in [0.15, 0.2) is 0 Å². The Morgan fingerprint density at radius 3 is 2.73 bits per heavy atom. The van der Waals surface area contributed by atoms with Gasteiger partial charge in [-0.1, -0.05) is 12.0 Å². The van der Waals surface area contributed by atoms with E-state index < -0.39 is 0 Å². The van der Waals surface area contributed by atoms with E-state index in [0.29, 0.717) is 17.8 Å². The van der Waals surface area contributed by atoms with Gasteiger partial charge in [0.1, 0.15) is 5.38 Å². The minimum atomic E-state index is -0.228. The van der Waals surface area contributed by atoms with E-state index in [-0.39, 0.29) is 5.38 Å². The molecule has 0 aromatic carbocycles. The average Bonchev–Trinajstić information content (AvgIpc) is 2.93. The Labute approximate surface area is 94.4 Å². The third-order valence-corrected chi connectivity index (χ3v) is 2.97. The van der Waals surface area contributed by atoms with E-state index in [9.17, 15) is 0 Å². The van der Waals surface area contributed by atoms with Crippen molar-refractivity contribution in [2.45, 2.75) is 32.1 Å². The number of hydrogen-bond acceptors (Lipinski definition) is 4. The third kappa shape index (κ3) is 2.84. The summed E-state index contributed by atoms with van der Waals surface area (Å²) in [7, 11) is 0. The normalized spacial score (nSPS) is 19.9. The van der Waals surface area contributed by atoms with Crippen LogP contribution in [0, 0.1) is 11.8 Å². The highest BCUT2D eigenvalue weighted by Gasteiger charge is 2.27. The first kappa shape index (κ1) is 10.7. The molecule has 2 unspecified atom stereocenters. The van der Waals surface area contributed by atoms with E-state index in [4.69, 9.17) is 16.0 Å². The van der Waals surface area contributed by atoms with Crippen LogP contribution in [0.1, 0.15) is 38.0 Å². The van der Waals surface area contributed by atoms with Gasteiger partial charge in [-0.2, -0.15) is 0 Å². The molecule has 1 aromatic rings. The van der Waals surface area contributed by atoms with Crippen molar-refractivity contribution in [1.82, 2.24) is 10.2 Å². The van der Waals surface area contributed by atoms with E-state index in [0.717, 1.165) is 12.5 Å². The molecule has 2 rings (SSSR count). The molecule has 0 radical (unpaired) electrons. The monoisotopic (exact) mass is 229 g/mol. The van der Waals surface area contributed by atoms with Crippen LogP contribution >= 0.6 is 11.6 Å². The van der Waals surface area contributed by atoms with Crippen LogP contribution in [0.4, 0.5) is 6.01 Å². The summed E-state index contributed by atoms with van der Waals surface area (Å²) >= 11 is 5.82. The zero-order valence-electron chi connectivity index (χ0n) is 9.03. The Bertz CT molecular complexity index is 322. The van der Waals surface area contributed by atoms with E-state index in [1.54, 1.807) is 0 Å². The molecule has 0 amide bonds. The van der Waals surface area contributed by atoms with Crippen LogP contribution in [0.5, 0.6) is 0 Å². The first-order valence-corrected chi connectivity index (χ1v) is 5.82. The molecular weight excluding hydrogens is 214 g/mol. The second kappa shape index (κ2) is 4.39. The summed E-state index contributed by atoms with van der Waals surface area (Å²) in [6, 6.07) is 0.477. The number of aromatic nitrogens is 2. The van der Waals surface area contributed by atoms with Crippen LogP contribution in [0.3, 0.4) is 0 Å². The lowest BCUT2D eigenvalue weighted by molar-refractivity contribution is 0.488. The van der Waals surface area contributed by atoms with E-state index in [2.05, 4.69) is 22.4 Å². The molecule has 0 spiro atoms. The molecule has 1 saturated carbocycles. The van der Waals surface area contributed by atoms with Gasteiger partial charge in [-0.05, 0) is 31.6 Å². The number of rotatable bonds is 5. The smallest absolute Gasteiger partial charge is 0.315 e. The molecule has 4 nitrogen and oxygen atoms in total. The molecule has 84 valence electrons. The van der Waals surface area contributed by atoms with Crippen molar-refractivity contribution in [1.29, 1.82) is 0 Å². The summed E-state index contributed by atoms with van der Waals surface area (Å²) in [4.78, 5) is 0. The van der Waals surface area contributed by atoms with Crippen LogP contribution in [-0.4, -0.2) is 16.7 Å². The van der Waals surface area contributed by atoms with Gasteiger partial charge >= 0.3 is 6.01 Å². The minimum Gasteiger partial charge on any atom is -0.407 e. The Morgan fingerprint density at radius 1 is 1.47 bits per heavy atom. The molecule has 1 heterocycles. The van der Waals surface area contributed by atoms with Crippen molar-refractivity contribution in [3.63, 3.8) is 0 Å². The Kier molecular flexibility index (Phi) is 3.14. The molecule has 0 bridgehead atoms. The summed E-state index contributed by atoms with van der Waals surface area (Å²) in [6.45, 7) is 4.95. The number of anilines is 1. The molecule has 15 heavy (non-hydrogen) atoms. The summed E-state index contributed by atoms with van der Waals surface area (Å²) < 4.78 is 5.33. The van der Waals surface area contributed by atoms with Gasteiger partial charge in [0.2, 0.25) is 5.89 Å². The largest absolute Gasteiger partial charge is 0.407 e. The van der Waals surface area contributed by atoms with Crippen molar-refractivity contribution >= 4 is 17.6 Å². The van der Waals surface area contributed by atoms with E-state index in [1.807, 2.05) is 6.92 Å². The maximum absolute atomic E-state index is 5.82. The topological polar surface area (TPSA) is 51.0 Å². The number of alkyl halides is 1. The minimum absolute atomic E-state index is 0.228. The zero-order valence-corrected chi connectivity index (χ0v) is 9.79. The van der Waals surface area contributed by atoms with Gasteiger partial charge in [-0.3, -0.25) is 0 Å². The molecule has 5 heteroatoms. The van der Waals surface area contributed by atoms with E-state index >= 15 is 0 Å². The summed E-state index contributed by atoms with van der Waals surface area (Å²) in [5.41, 5.74) is 0. The fraction of sp³-hybridized carbons (Fsp3) is 0.800. The Hall–Kier alpha value is -0.770. The van der Waals surface area contributed by atoms with Crippen molar-refractivity contribution in [3.05, 3.63) is 5.89 Å². The summed E-state index contributed by atoms with van der Waals surface area (Å²) in [5, 5.41) is 10.6. The van der Waals surface area contributed by atoms with Crippen molar-refractivity contribution < 1.29 is 4.42 Å². The lowest BCUT2D eigenvalue weighted by Crippen LogP contribution is -2.12. The molecule has 0 saturated heterocycles. The molecule has 1 aliphatic rings. The molecule has 1 aliphatic carbocycles. The summed E-state index contributed by atoms with van der Waals surface area (Å²) in [5.74, 6) is 2.03. The number of halogens is 1. The molecule has 1 aromatic heterocycles. The average molecular weight is 230 g/mol. The molecule has 0 aliphatic heterocycles. The highest BCUT2D eigenvalue weighted by atomic mass is 35.5. The standard InChI is InChI=1S/C10H16ClN3O/c1-6(8-3-4-8)5-12-10-14-13-9(15-10)7(2)11/h6-8H,3-5H2,1-2H3,(H,12,14). The SMILES string of the molecule is CC(Cl)c1nnc(NCC(C)C2CC2)o1. The quantitative estimate of drug-likeness (QED) is 0.789. The van der Waals surface area contributed by atoms with Gasteiger partial charge < -0.3 is 9.73 Å². The number of nitrogens with zero attached hydrogens (tertiary/aromatic N) is 2. The highest BCUT2D eigenvalue weighted by molar-refractivity contribution is 6.20. The first-order chi connectivity index (χ1) is 7.16. The molecule has 2 atom stereocenters. The van der Waals surface area contributed by atoms with Crippen molar-refractivity contribution in [3.8, 4) is 0 Å². The first-order valence-electron chi connectivity index (χ1n) is 5.38. The lowest BCUT2D eigenvalue weighted by Gasteiger charge is -2.08. The fourth-order valence-corrected chi connectivity index (χ4v) is 1.64. The molecule has 1 fully saturated rings. The zero-order chi connectivity index (χ0) is 10.8. The van der Waals surface area contributed by atoms with Crippen LogP contribution in [0.25, 0.3) is 0 Å². The van der Waals surface area contributed by atoms with Crippen molar-refractivity contribution in [2.75, 3.05) is 11.9 Å². The van der Waals surface area contributed by atoms with Crippen LogP contribution in [0.15, 0.2) is 4.42 Å². The van der Waals surface area contributed by atoms with Gasteiger partial charge in [0, 0.05) is 6.54 Å². The van der Waals surface area contributed by atoms with Crippen LogP contribution in [-0.2, 0) is 0 Å². The molecule has 1 N–H and O–H groups in total. The number of nitrogens with one attached hydrogen (secondary N) is 1. The lowest BCUT2D eigenvalue weighted by atomic mass is 10.1. The summed E-state index contributed by atoms with van der Waals surface area (Å²) in [6.07, 6.45) is 2.72. The third-order valence-electron chi connectivity index (χ3n) is 2.78. The van der Waals surface area contributed by atoms with Gasteiger partial charge in [0.05, 0.1) is 0 Å². The maximum atomic E-state index is 5.82. The number of hydrogen-bond donors (Lipinski definition) is 1. The fourth-order valence-electron chi connectivity index (χ4n) is 1.55. The second-order valence-corrected chi connectivity index (χ2v) is 4.91. The van der Waals surface area contributed by atoms with Gasteiger partial charge in [-0.15, -0.1) is 16.7 Å². The predicted octanol–water partition coefficient (Wildman–Crippen LogP) is 2.83. The highest BCUT2D eigenvalue weighted by Crippen LogP contribution is 2.36. The Balaban J connectivity index is 1.82. The maximum Gasteiger partial charge on any atom is 0.315 e.